The molecule has 0 N–H and O–H groups in total. The normalized spacial score (nSPS) is 24.1. The molecule has 0 radical (unpaired) electrons. The Morgan fingerprint density at radius 2 is 2.00 bits per heavy atom. The molecule has 1 amide bonds. The number of thioether (sulfide) groups is 1. The first kappa shape index (κ1) is 20.4. The molecule has 2 aromatic rings. The minimum absolute atomic E-state index is 0.0835. The van der Waals surface area contributed by atoms with Crippen LogP contribution in [0.25, 0.3) is 0 Å². The molecule has 2 atom stereocenters. The fourth-order valence-electron chi connectivity index (χ4n) is 3.77. The van der Waals surface area contributed by atoms with E-state index >= 15 is 0 Å². The highest BCUT2D eigenvalue weighted by Crippen LogP contribution is 2.39. The number of amides is 1. The highest BCUT2D eigenvalue weighted by Gasteiger charge is 2.48. The summed E-state index contributed by atoms with van der Waals surface area (Å²) in [6, 6.07) is 15.1. The maximum absolute atomic E-state index is 12.6. The molecule has 0 unspecified atom stereocenters. The van der Waals surface area contributed by atoms with Gasteiger partial charge >= 0.3 is 0 Å². The summed E-state index contributed by atoms with van der Waals surface area (Å²) in [7, 11) is -3.08. The smallest absolute Gasteiger partial charge is 0.252 e. The van der Waals surface area contributed by atoms with Crippen molar-refractivity contribution in [3.05, 3.63) is 70.2 Å². The fourth-order valence-corrected chi connectivity index (χ4v) is 7.94. The molecule has 152 valence electrons. The van der Waals surface area contributed by atoms with Crippen LogP contribution in [0, 0.1) is 6.92 Å². The molecular formula is C21H21ClN2O3S2. The number of hydrogen-bond donors (Lipinski definition) is 0. The van der Waals surface area contributed by atoms with Crippen molar-refractivity contribution < 1.29 is 13.2 Å². The summed E-state index contributed by atoms with van der Waals surface area (Å²) in [4.78, 5) is 18.9. The van der Waals surface area contributed by atoms with Gasteiger partial charge in [0.05, 0.1) is 24.0 Å². The quantitative estimate of drug-likeness (QED) is 0.716. The van der Waals surface area contributed by atoms with Gasteiger partial charge in [0.1, 0.15) is 0 Å². The van der Waals surface area contributed by atoms with Crippen LogP contribution in [0.3, 0.4) is 0 Å². The van der Waals surface area contributed by atoms with Crippen LogP contribution in [0.5, 0.6) is 0 Å². The van der Waals surface area contributed by atoms with Crippen molar-refractivity contribution >= 4 is 44.3 Å². The van der Waals surface area contributed by atoms with Crippen molar-refractivity contribution in [1.82, 2.24) is 4.90 Å². The molecule has 5 nitrogen and oxygen atoms in total. The highest BCUT2D eigenvalue weighted by molar-refractivity contribution is 8.15. The summed E-state index contributed by atoms with van der Waals surface area (Å²) in [5.74, 6) is -0.0304. The zero-order valence-corrected chi connectivity index (χ0v) is 18.3. The van der Waals surface area contributed by atoms with Gasteiger partial charge in [-0.15, -0.1) is 0 Å². The lowest BCUT2D eigenvalue weighted by Crippen LogP contribution is -2.37. The lowest BCUT2D eigenvalue weighted by molar-refractivity contribution is -0.117. The number of fused-ring (bicyclic) bond motifs is 1. The van der Waals surface area contributed by atoms with Gasteiger partial charge in [-0.25, -0.2) is 8.42 Å². The molecule has 0 saturated carbocycles. The van der Waals surface area contributed by atoms with Crippen molar-refractivity contribution in [2.45, 2.75) is 31.2 Å². The van der Waals surface area contributed by atoms with E-state index in [0.29, 0.717) is 16.7 Å². The second-order valence-corrected chi connectivity index (χ2v) is 11.2. The summed E-state index contributed by atoms with van der Waals surface area (Å²) < 4.78 is 24.3. The molecule has 29 heavy (non-hydrogen) atoms. The number of aryl methyl sites for hydroxylation is 1. The van der Waals surface area contributed by atoms with Crippen molar-refractivity contribution in [1.29, 1.82) is 0 Å². The van der Waals surface area contributed by atoms with Crippen molar-refractivity contribution in [3.8, 4) is 0 Å². The van der Waals surface area contributed by atoms with E-state index in [9.17, 15) is 13.2 Å². The number of carbonyl (C=O) groups is 1. The predicted octanol–water partition coefficient (Wildman–Crippen LogP) is 3.49. The van der Waals surface area contributed by atoms with Gasteiger partial charge in [0.15, 0.2) is 15.0 Å². The van der Waals surface area contributed by atoms with Crippen LogP contribution < -0.4 is 0 Å². The summed E-state index contributed by atoms with van der Waals surface area (Å²) in [5.41, 5.74) is 2.90. The molecule has 2 heterocycles. The molecule has 4 rings (SSSR count). The molecule has 0 spiro atoms. The minimum Gasteiger partial charge on any atom is -0.342 e. The summed E-state index contributed by atoms with van der Waals surface area (Å²) in [5, 5.41) is 1.10. The van der Waals surface area contributed by atoms with E-state index in [2.05, 4.69) is 4.99 Å². The molecule has 2 aliphatic rings. The minimum atomic E-state index is -3.08. The van der Waals surface area contributed by atoms with Crippen molar-refractivity contribution in [3.63, 3.8) is 0 Å². The summed E-state index contributed by atoms with van der Waals surface area (Å²) in [6.45, 7) is 2.42. The largest absolute Gasteiger partial charge is 0.342 e. The van der Waals surface area contributed by atoms with Crippen molar-refractivity contribution in [2.75, 3.05) is 11.5 Å². The molecule has 8 heteroatoms. The zero-order valence-electron chi connectivity index (χ0n) is 15.9. The van der Waals surface area contributed by atoms with Crippen LogP contribution in [0.1, 0.15) is 16.7 Å². The number of sulfone groups is 1. The van der Waals surface area contributed by atoms with Gasteiger partial charge in [-0.1, -0.05) is 71.4 Å². The van der Waals surface area contributed by atoms with E-state index in [1.54, 1.807) is 0 Å². The maximum atomic E-state index is 12.6. The van der Waals surface area contributed by atoms with Gasteiger partial charge in [-0.05, 0) is 24.1 Å². The number of halogens is 1. The molecule has 2 aliphatic heterocycles. The van der Waals surface area contributed by atoms with Gasteiger partial charge < -0.3 is 4.90 Å². The number of aliphatic imine (C=N–C) groups is 1. The van der Waals surface area contributed by atoms with E-state index in [4.69, 9.17) is 11.6 Å². The number of carbonyl (C=O) groups excluding carboxylic acids is 1. The van der Waals surface area contributed by atoms with Crippen molar-refractivity contribution in [2.24, 2.45) is 4.99 Å². The Labute approximate surface area is 180 Å². The first-order valence-electron chi connectivity index (χ1n) is 9.35. The number of hydrogen-bond acceptors (Lipinski definition) is 4. The Hall–Kier alpha value is -1.83. The monoisotopic (exact) mass is 448 g/mol. The van der Waals surface area contributed by atoms with E-state index in [1.165, 1.54) is 11.8 Å². The van der Waals surface area contributed by atoms with E-state index in [0.717, 1.165) is 16.7 Å². The zero-order chi connectivity index (χ0) is 20.6. The van der Waals surface area contributed by atoms with Crippen LogP contribution >= 0.6 is 23.4 Å². The van der Waals surface area contributed by atoms with Crippen LogP contribution in [-0.4, -0.2) is 47.2 Å². The summed E-state index contributed by atoms with van der Waals surface area (Å²) >= 11 is 7.71. The van der Waals surface area contributed by atoms with Gasteiger partial charge in [0.25, 0.3) is 5.91 Å². The third kappa shape index (κ3) is 4.68. The van der Waals surface area contributed by atoms with Gasteiger partial charge in [0, 0.05) is 16.8 Å². The topological polar surface area (TPSA) is 66.8 Å². The SMILES string of the molecule is Cc1cccc(CC(=O)N=C2S[C@H]3CS(=O)(=O)C[C@H]3N2Cc2ccccc2Cl)c1. The van der Waals surface area contributed by atoms with Gasteiger partial charge in [-0.3, -0.25) is 4.79 Å². The first-order valence-corrected chi connectivity index (χ1v) is 12.4. The molecule has 0 bridgehead atoms. The Balaban J connectivity index is 1.59. The lowest BCUT2D eigenvalue weighted by Gasteiger charge is -2.25. The fraction of sp³-hybridized carbons (Fsp3) is 0.333. The molecule has 2 fully saturated rings. The Bertz CT molecular complexity index is 1080. The number of nitrogens with zero attached hydrogens (tertiary/aromatic N) is 2. The second-order valence-electron chi connectivity index (χ2n) is 7.47. The summed E-state index contributed by atoms with van der Waals surface area (Å²) in [6.07, 6.45) is 0.222. The maximum Gasteiger partial charge on any atom is 0.252 e. The van der Waals surface area contributed by atoms with E-state index < -0.39 is 9.84 Å². The number of benzene rings is 2. The number of rotatable bonds is 4. The molecule has 2 aromatic carbocycles. The van der Waals surface area contributed by atoms with Crippen LogP contribution in [0.15, 0.2) is 53.5 Å². The van der Waals surface area contributed by atoms with Gasteiger partial charge in [-0.2, -0.15) is 4.99 Å². The van der Waals surface area contributed by atoms with E-state index in [-0.39, 0.29) is 35.1 Å². The molecule has 2 saturated heterocycles. The first-order chi connectivity index (χ1) is 13.8. The third-order valence-electron chi connectivity index (χ3n) is 5.13. The van der Waals surface area contributed by atoms with Crippen LogP contribution in [0.4, 0.5) is 0 Å². The average Bonchev–Trinajstić information content (AvgIpc) is 3.09. The van der Waals surface area contributed by atoms with Crippen LogP contribution in [0.2, 0.25) is 5.02 Å². The lowest BCUT2D eigenvalue weighted by atomic mass is 10.1. The Morgan fingerprint density at radius 1 is 1.21 bits per heavy atom. The second kappa shape index (κ2) is 8.13. The predicted molar refractivity (Wildman–Crippen MR) is 118 cm³/mol. The highest BCUT2D eigenvalue weighted by atomic mass is 35.5. The Morgan fingerprint density at radius 3 is 2.76 bits per heavy atom. The molecule has 0 aliphatic carbocycles. The van der Waals surface area contributed by atoms with Crippen LogP contribution in [-0.2, 0) is 27.6 Å². The average molecular weight is 449 g/mol. The third-order valence-corrected chi connectivity index (χ3v) is 8.75. The Kier molecular flexibility index (Phi) is 5.73. The molecule has 0 aromatic heterocycles. The number of amidine groups is 1. The van der Waals surface area contributed by atoms with Gasteiger partial charge in [0.2, 0.25) is 0 Å². The van der Waals surface area contributed by atoms with E-state index in [1.807, 2.05) is 60.4 Å². The standard InChI is InChI=1S/C21H21ClN2O3S2/c1-14-5-4-6-15(9-14)10-20(25)23-21-24(11-16-7-2-3-8-17(16)22)18-12-29(26,27)13-19(18)28-21/h2-9,18-19H,10-13H2,1H3/t18-,19+/m1/s1. The molecular weight excluding hydrogens is 428 g/mol.